The van der Waals surface area contributed by atoms with Crippen LogP contribution in [0.4, 0.5) is 10.1 Å². The number of halogens is 1. The van der Waals surface area contributed by atoms with E-state index in [2.05, 4.69) is 15.6 Å². The van der Waals surface area contributed by atoms with Gasteiger partial charge >= 0.3 is 0 Å². The smallest absolute Gasteiger partial charge is 0.191 e. The molecule has 0 saturated heterocycles. The number of ether oxygens (including phenoxy) is 1. The van der Waals surface area contributed by atoms with Gasteiger partial charge in [-0.25, -0.2) is 4.39 Å². The van der Waals surface area contributed by atoms with Crippen molar-refractivity contribution in [1.82, 2.24) is 10.6 Å². The fourth-order valence-electron chi connectivity index (χ4n) is 3.66. The molecule has 26 heavy (non-hydrogen) atoms. The number of nitrogens with one attached hydrogen (secondary N) is 2. The van der Waals surface area contributed by atoms with Gasteiger partial charge < -0.3 is 20.3 Å². The Labute approximate surface area is 157 Å². The van der Waals surface area contributed by atoms with Gasteiger partial charge in [-0.15, -0.1) is 0 Å². The first-order valence-electron chi connectivity index (χ1n) is 9.39. The molecule has 1 saturated carbocycles. The first-order valence-corrected chi connectivity index (χ1v) is 9.39. The standard InChI is InChI=1S/C20H33FN4O/c1-22-19(24-15-20(11-12-26-4)9-5-6-10-20)23-14-16-7-8-18(25(2)3)17(21)13-16/h7-8,13H,5-6,9-12,14-15H2,1-4H3,(H2,22,23,24). The lowest BCUT2D eigenvalue weighted by atomic mass is 9.83. The molecule has 1 fully saturated rings. The Morgan fingerprint density at radius 1 is 1.27 bits per heavy atom. The molecule has 1 aliphatic rings. The zero-order chi connectivity index (χ0) is 19.0. The predicted octanol–water partition coefficient (Wildman–Crippen LogP) is 3.15. The molecule has 5 nitrogen and oxygen atoms in total. The largest absolute Gasteiger partial charge is 0.385 e. The van der Waals surface area contributed by atoms with Crippen molar-refractivity contribution in [2.45, 2.75) is 38.6 Å². The highest BCUT2D eigenvalue weighted by Crippen LogP contribution is 2.40. The van der Waals surface area contributed by atoms with Crippen LogP contribution in [0.2, 0.25) is 0 Å². The maximum atomic E-state index is 14.1. The number of rotatable bonds is 8. The van der Waals surface area contributed by atoms with Crippen LogP contribution in [-0.2, 0) is 11.3 Å². The van der Waals surface area contributed by atoms with Crippen molar-refractivity contribution in [2.75, 3.05) is 46.3 Å². The third-order valence-corrected chi connectivity index (χ3v) is 5.31. The van der Waals surface area contributed by atoms with Crippen LogP contribution < -0.4 is 15.5 Å². The van der Waals surface area contributed by atoms with E-state index < -0.39 is 0 Å². The lowest BCUT2D eigenvalue weighted by Gasteiger charge is -2.30. The van der Waals surface area contributed by atoms with Gasteiger partial charge in [0.05, 0.1) is 5.69 Å². The average molecular weight is 365 g/mol. The van der Waals surface area contributed by atoms with Gasteiger partial charge in [-0.1, -0.05) is 18.9 Å². The zero-order valence-electron chi connectivity index (χ0n) is 16.6. The molecule has 0 spiro atoms. The van der Waals surface area contributed by atoms with Crippen molar-refractivity contribution in [3.63, 3.8) is 0 Å². The monoisotopic (exact) mass is 364 g/mol. The molecular formula is C20H33FN4O. The van der Waals surface area contributed by atoms with Gasteiger partial charge in [0.1, 0.15) is 5.82 Å². The van der Waals surface area contributed by atoms with Gasteiger partial charge in [-0.2, -0.15) is 0 Å². The summed E-state index contributed by atoms with van der Waals surface area (Å²) in [6.07, 6.45) is 6.11. The summed E-state index contributed by atoms with van der Waals surface area (Å²) in [7, 11) is 7.20. The third kappa shape index (κ3) is 5.59. The summed E-state index contributed by atoms with van der Waals surface area (Å²) in [5.74, 6) is 0.549. The minimum Gasteiger partial charge on any atom is -0.385 e. The van der Waals surface area contributed by atoms with Crippen LogP contribution in [0, 0.1) is 11.2 Å². The van der Waals surface area contributed by atoms with Crippen LogP contribution in [-0.4, -0.2) is 47.4 Å². The molecule has 2 rings (SSSR count). The van der Waals surface area contributed by atoms with E-state index in [4.69, 9.17) is 4.74 Å². The molecule has 0 radical (unpaired) electrons. The number of hydrogen-bond acceptors (Lipinski definition) is 3. The van der Waals surface area contributed by atoms with Crippen molar-refractivity contribution in [3.8, 4) is 0 Å². The van der Waals surface area contributed by atoms with Crippen LogP contribution >= 0.6 is 0 Å². The highest BCUT2D eigenvalue weighted by atomic mass is 19.1. The topological polar surface area (TPSA) is 48.9 Å². The maximum Gasteiger partial charge on any atom is 0.191 e. The minimum atomic E-state index is -0.207. The molecule has 0 aliphatic heterocycles. The number of benzene rings is 1. The molecule has 0 unspecified atom stereocenters. The fraction of sp³-hybridized carbons (Fsp3) is 0.650. The van der Waals surface area contributed by atoms with Crippen LogP contribution in [0.15, 0.2) is 23.2 Å². The Kier molecular flexibility index (Phi) is 7.69. The highest BCUT2D eigenvalue weighted by Gasteiger charge is 2.33. The van der Waals surface area contributed by atoms with Crippen molar-refractivity contribution in [3.05, 3.63) is 29.6 Å². The fourth-order valence-corrected chi connectivity index (χ4v) is 3.66. The molecule has 0 aromatic heterocycles. The Bertz CT molecular complexity index is 597. The molecule has 2 N–H and O–H groups in total. The Morgan fingerprint density at radius 2 is 2.00 bits per heavy atom. The molecule has 1 aromatic carbocycles. The number of anilines is 1. The summed E-state index contributed by atoms with van der Waals surface area (Å²) in [6.45, 7) is 2.23. The van der Waals surface area contributed by atoms with E-state index >= 15 is 0 Å². The van der Waals surface area contributed by atoms with E-state index in [9.17, 15) is 4.39 Å². The number of aliphatic imine (C=N–C) groups is 1. The van der Waals surface area contributed by atoms with Gasteiger partial charge in [0.2, 0.25) is 0 Å². The maximum absolute atomic E-state index is 14.1. The van der Waals surface area contributed by atoms with Crippen molar-refractivity contribution in [1.29, 1.82) is 0 Å². The summed E-state index contributed by atoms with van der Waals surface area (Å²) in [4.78, 5) is 6.08. The summed E-state index contributed by atoms with van der Waals surface area (Å²) >= 11 is 0. The van der Waals surface area contributed by atoms with Gasteiger partial charge in [0.25, 0.3) is 0 Å². The first-order chi connectivity index (χ1) is 12.5. The van der Waals surface area contributed by atoms with Gasteiger partial charge in [0.15, 0.2) is 5.96 Å². The Hall–Kier alpha value is -1.82. The van der Waals surface area contributed by atoms with E-state index in [-0.39, 0.29) is 5.82 Å². The summed E-state index contributed by atoms with van der Waals surface area (Å²) in [5, 5.41) is 6.74. The SMILES string of the molecule is CN=C(NCc1ccc(N(C)C)c(F)c1)NCC1(CCOC)CCCC1. The van der Waals surface area contributed by atoms with E-state index in [0.29, 0.717) is 17.6 Å². The van der Waals surface area contributed by atoms with E-state index in [0.717, 1.165) is 31.1 Å². The molecule has 146 valence electrons. The van der Waals surface area contributed by atoms with Crippen molar-refractivity contribution in [2.24, 2.45) is 10.4 Å². The normalized spacial score (nSPS) is 16.6. The molecule has 0 bridgehead atoms. The van der Waals surface area contributed by atoms with Crippen LogP contribution in [0.5, 0.6) is 0 Å². The number of hydrogen-bond donors (Lipinski definition) is 2. The van der Waals surface area contributed by atoms with E-state index in [1.54, 1.807) is 31.2 Å². The van der Waals surface area contributed by atoms with Crippen LogP contribution in [0.3, 0.4) is 0 Å². The average Bonchev–Trinajstić information content (AvgIpc) is 3.09. The quantitative estimate of drug-likeness (QED) is 0.550. The second kappa shape index (κ2) is 9.76. The van der Waals surface area contributed by atoms with E-state index in [1.807, 2.05) is 20.2 Å². The van der Waals surface area contributed by atoms with Gasteiger partial charge in [-0.05, 0) is 42.4 Å². The van der Waals surface area contributed by atoms with Gasteiger partial charge in [0, 0.05) is 47.9 Å². The van der Waals surface area contributed by atoms with Crippen LogP contribution in [0.25, 0.3) is 0 Å². The molecule has 0 amide bonds. The minimum absolute atomic E-state index is 0.207. The molecule has 0 atom stereocenters. The first kappa shape index (κ1) is 20.5. The second-order valence-corrected chi connectivity index (χ2v) is 7.41. The number of methoxy groups -OCH3 is 1. The molecular weight excluding hydrogens is 331 g/mol. The lowest BCUT2D eigenvalue weighted by molar-refractivity contribution is 0.138. The summed E-state index contributed by atoms with van der Waals surface area (Å²) in [5.41, 5.74) is 1.79. The van der Waals surface area contributed by atoms with E-state index in [1.165, 1.54) is 25.7 Å². The molecule has 1 aromatic rings. The van der Waals surface area contributed by atoms with Crippen LogP contribution in [0.1, 0.15) is 37.7 Å². The van der Waals surface area contributed by atoms with Gasteiger partial charge in [-0.3, -0.25) is 4.99 Å². The second-order valence-electron chi connectivity index (χ2n) is 7.41. The molecule has 1 aliphatic carbocycles. The summed E-state index contributed by atoms with van der Waals surface area (Å²) in [6, 6.07) is 5.32. The Morgan fingerprint density at radius 3 is 2.58 bits per heavy atom. The third-order valence-electron chi connectivity index (χ3n) is 5.31. The van der Waals surface area contributed by atoms with Crippen molar-refractivity contribution < 1.29 is 9.13 Å². The van der Waals surface area contributed by atoms with Crippen molar-refractivity contribution >= 4 is 11.6 Å². The predicted molar refractivity (Wildman–Crippen MR) is 106 cm³/mol. The Balaban J connectivity index is 1.88. The zero-order valence-corrected chi connectivity index (χ0v) is 16.6. The lowest BCUT2D eigenvalue weighted by Crippen LogP contribution is -2.43. The number of nitrogens with zero attached hydrogens (tertiary/aromatic N) is 2. The number of guanidine groups is 1. The molecule has 0 heterocycles. The highest BCUT2D eigenvalue weighted by molar-refractivity contribution is 5.79. The summed E-state index contributed by atoms with van der Waals surface area (Å²) < 4.78 is 19.4. The molecule has 6 heteroatoms.